The maximum atomic E-state index is 12.4. The minimum absolute atomic E-state index is 0.0546. The van der Waals surface area contributed by atoms with Crippen molar-refractivity contribution >= 4 is 50.7 Å². The van der Waals surface area contributed by atoms with E-state index in [9.17, 15) is 9.59 Å². The van der Waals surface area contributed by atoms with Crippen molar-refractivity contribution in [2.24, 2.45) is 0 Å². The summed E-state index contributed by atoms with van der Waals surface area (Å²) in [6, 6.07) is 11.7. The molecule has 1 N–H and O–H groups in total. The third kappa shape index (κ3) is 5.30. The van der Waals surface area contributed by atoms with Gasteiger partial charge in [-0.2, -0.15) is 0 Å². The predicted molar refractivity (Wildman–Crippen MR) is 116 cm³/mol. The Morgan fingerprint density at radius 2 is 1.93 bits per heavy atom. The van der Waals surface area contributed by atoms with Gasteiger partial charge in [0.1, 0.15) is 5.82 Å². The molecule has 0 aliphatic carbocycles. The van der Waals surface area contributed by atoms with E-state index >= 15 is 0 Å². The first-order valence-corrected chi connectivity index (χ1v) is 11.2. The van der Waals surface area contributed by atoms with Gasteiger partial charge < -0.3 is 5.32 Å². The molecule has 1 aromatic carbocycles. The molecule has 0 aliphatic heterocycles. The first-order chi connectivity index (χ1) is 13.4. The van der Waals surface area contributed by atoms with Gasteiger partial charge in [-0.15, -0.1) is 21.5 Å². The molecule has 0 spiro atoms. The number of aromatic nitrogens is 3. The van der Waals surface area contributed by atoms with Crippen molar-refractivity contribution in [2.75, 3.05) is 12.3 Å². The second-order valence-corrected chi connectivity index (χ2v) is 9.52. The van der Waals surface area contributed by atoms with Gasteiger partial charge in [-0.25, -0.2) is 0 Å². The van der Waals surface area contributed by atoms with Gasteiger partial charge >= 0.3 is 0 Å². The SMILES string of the molecule is CC(=O)NCCc1nnc(SCC(=O)c2ccc(Br)s2)n1-c1ccc(C)cc1. The van der Waals surface area contributed by atoms with Crippen LogP contribution in [0.15, 0.2) is 45.3 Å². The number of aryl methyl sites for hydroxylation is 1. The molecule has 0 atom stereocenters. The minimum atomic E-state index is -0.0799. The van der Waals surface area contributed by atoms with E-state index < -0.39 is 0 Å². The summed E-state index contributed by atoms with van der Waals surface area (Å²) in [7, 11) is 0. The van der Waals surface area contributed by atoms with Crippen LogP contribution >= 0.6 is 39.0 Å². The summed E-state index contributed by atoms with van der Waals surface area (Å²) in [5, 5.41) is 12.0. The summed E-state index contributed by atoms with van der Waals surface area (Å²) in [6.07, 6.45) is 0.548. The Morgan fingerprint density at radius 3 is 2.57 bits per heavy atom. The number of nitrogens with zero attached hydrogens (tertiary/aromatic N) is 3. The normalized spacial score (nSPS) is 10.8. The van der Waals surface area contributed by atoms with Gasteiger partial charge in [-0.05, 0) is 47.1 Å². The average Bonchev–Trinajstić information content (AvgIpc) is 3.27. The Bertz CT molecular complexity index is 982. The standard InChI is InChI=1S/C19H19BrN4O2S2/c1-12-3-5-14(6-4-12)24-18(9-10-21-13(2)25)22-23-19(24)27-11-15(26)16-7-8-17(20)28-16/h3-8H,9-11H2,1-2H3,(H,21,25). The Kier molecular flexibility index (Phi) is 7.03. The number of halogens is 1. The largest absolute Gasteiger partial charge is 0.356 e. The van der Waals surface area contributed by atoms with E-state index in [0.29, 0.717) is 23.0 Å². The summed E-state index contributed by atoms with van der Waals surface area (Å²) in [5.74, 6) is 0.997. The lowest BCUT2D eigenvalue weighted by Gasteiger charge is -2.10. The number of benzene rings is 1. The van der Waals surface area contributed by atoms with Crippen molar-refractivity contribution in [2.45, 2.75) is 25.4 Å². The van der Waals surface area contributed by atoms with Crippen molar-refractivity contribution in [1.82, 2.24) is 20.1 Å². The Labute approximate surface area is 179 Å². The molecule has 0 aliphatic rings. The molecule has 3 aromatic rings. The number of nitrogens with one attached hydrogen (secondary N) is 1. The Balaban J connectivity index is 1.81. The molecule has 0 saturated carbocycles. The number of carbonyl (C=O) groups is 2. The minimum Gasteiger partial charge on any atom is -0.356 e. The molecular weight excluding hydrogens is 460 g/mol. The zero-order chi connectivity index (χ0) is 20.1. The molecule has 0 unspecified atom stereocenters. The zero-order valence-electron chi connectivity index (χ0n) is 15.4. The quantitative estimate of drug-likeness (QED) is 0.390. The van der Waals surface area contributed by atoms with Gasteiger partial charge in [0.2, 0.25) is 5.91 Å². The third-order valence-electron chi connectivity index (χ3n) is 3.90. The number of Topliss-reactive ketones (excluding diaryl/α,β-unsaturated/α-hetero) is 1. The van der Waals surface area contributed by atoms with E-state index in [0.717, 1.165) is 20.9 Å². The highest BCUT2D eigenvalue weighted by Crippen LogP contribution is 2.26. The zero-order valence-corrected chi connectivity index (χ0v) is 18.7. The highest BCUT2D eigenvalue weighted by Gasteiger charge is 2.17. The van der Waals surface area contributed by atoms with Crippen LogP contribution in [0.4, 0.5) is 0 Å². The summed E-state index contributed by atoms with van der Waals surface area (Å²) < 4.78 is 2.88. The molecule has 0 fully saturated rings. The van der Waals surface area contributed by atoms with Crippen molar-refractivity contribution < 1.29 is 9.59 Å². The monoisotopic (exact) mass is 478 g/mol. The van der Waals surface area contributed by atoms with Crippen molar-refractivity contribution in [3.8, 4) is 5.69 Å². The van der Waals surface area contributed by atoms with Crippen LogP contribution in [-0.2, 0) is 11.2 Å². The lowest BCUT2D eigenvalue weighted by molar-refractivity contribution is -0.118. The van der Waals surface area contributed by atoms with E-state index in [1.54, 1.807) is 0 Å². The molecule has 3 rings (SSSR count). The van der Waals surface area contributed by atoms with Gasteiger partial charge in [0.15, 0.2) is 10.9 Å². The van der Waals surface area contributed by atoms with Gasteiger partial charge in [0, 0.05) is 25.6 Å². The number of rotatable bonds is 8. The van der Waals surface area contributed by atoms with Crippen molar-refractivity contribution in [3.63, 3.8) is 0 Å². The number of thiophene rings is 1. The average molecular weight is 479 g/mol. The summed E-state index contributed by atoms with van der Waals surface area (Å²) >= 11 is 6.17. The van der Waals surface area contributed by atoms with Crippen LogP contribution in [-0.4, -0.2) is 38.8 Å². The number of amides is 1. The summed E-state index contributed by atoms with van der Waals surface area (Å²) in [6.45, 7) is 3.99. The topological polar surface area (TPSA) is 76.9 Å². The van der Waals surface area contributed by atoms with E-state index in [1.165, 1.54) is 30.0 Å². The van der Waals surface area contributed by atoms with Crippen LogP contribution in [0, 0.1) is 6.92 Å². The number of thioether (sulfide) groups is 1. The van der Waals surface area contributed by atoms with Crippen LogP contribution in [0.2, 0.25) is 0 Å². The Hall–Kier alpha value is -1.97. The molecule has 0 bridgehead atoms. The maximum absolute atomic E-state index is 12.4. The molecule has 2 aromatic heterocycles. The lowest BCUT2D eigenvalue weighted by atomic mass is 10.2. The third-order valence-corrected chi connectivity index (χ3v) is 6.49. The number of hydrogen-bond donors (Lipinski definition) is 1. The highest BCUT2D eigenvalue weighted by molar-refractivity contribution is 9.11. The number of hydrogen-bond acceptors (Lipinski definition) is 6. The van der Waals surface area contributed by atoms with Crippen LogP contribution in [0.1, 0.15) is 28.0 Å². The molecule has 1 amide bonds. The van der Waals surface area contributed by atoms with Gasteiger partial charge in [0.25, 0.3) is 0 Å². The molecule has 6 nitrogen and oxygen atoms in total. The molecule has 9 heteroatoms. The molecule has 0 radical (unpaired) electrons. The van der Waals surface area contributed by atoms with Crippen LogP contribution < -0.4 is 5.32 Å². The second-order valence-electron chi connectivity index (χ2n) is 6.12. The summed E-state index contributed by atoms with van der Waals surface area (Å²) in [4.78, 5) is 24.3. The van der Waals surface area contributed by atoms with E-state index in [2.05, 4.69) is 31.4 Å². The van der Waals surface area contributed by atoms with Gasteiger partial charge in [0.05, 0.1) is 14.4 Å². The van der Waals surface area contributed by atoms with E-state index in [1.807, 2.05) is 47.9 Å². The molecule has 2 heterocycles. The van der Waals surface area contributed by atoms with E-state index in [4.69, 9.17) is 0 Å². The fourth-order valence-electron chi connectivity index (χ4n) is 2.52. The van der Waals surface area contributed by atoms with Crippen LogP contribution in [0.5, 0.6) is 0 Å². The maximum Gasteiger partial charge on any atom is 0.216 e. The molecular formula is C19H19BrN4O2S2. The van der Waals surface area contributed by atoms with Gasteiger partial charge in [-0.1, -0.05) is 29.5 Å². The van der Waals surface area contributed by atoms with E-state index in [-0.39, 0.29) is 17.4 Å². The molecule has 0 saturated heterocycles. The fraction of sp³-hybridized carbons (Fsp3) is 0.263. The first kappa shape index (κ1) is 20.8. The van der Waals surface area contributed by atoms with Crippen LogP contribution in [0.25, 0.3) is 5.69 Å². The summed E-state index contributed by atoms with van der Waals surface area (Å²) in [5.41, 5.74) is 2.09. The van der Waals surface area contributed by atoms with Crippen molar-refractivity contribution in [3.05, 3.63) is 56.4 Å². The fourth-order valence-corrected chi connectivity index (χ4v) is 4.79. The second kappa shape index (κ2) is 9.49. The highest BCUT2D eigenvalue weighted by atomic mass is 79.9. The predicted octanol–water partition coefficient (Wildman–Crippen LogP) is 4.05. The van der Waals surface area contributed by atoms with Crippen LogP contribution in [0.3, 0.4) is 0 Å². The Morgan fingerprint density at radius 1 is 1.18 bits per heavy atom. The molecule has 146 valence electrons. The smallest absolute Gasteiger partial charge is 0.216 e. The van der Waals surface area contributed by atoms with Crippen molar-refractivity contribution in [1.29, 1.82) is 0 Å². The number of ketones is 1. The first-order valence-electron chi connectivity index (χ1n) is 8.61. The number of carbonyl (C=O) groups excluding carboxylic acids is 2. The molecule has 28 heavy (non-hydrogen) atoms. The van der Waals surface area contributed by atoms with Gasteiger partial charge in [-0.3, -0.25) is 14.2 Å². The lowest BCUT2D eigenvalue weighted by Crippen LogP contribution is -2.23.